The van der Waals surface area contributed by atoms with Gasteiger partial charge in [-0.1, -0.05) is 40.7 Å². The van der Waals surface area contributed by atoms with E-state index in [1.54, 1.807) is 0 Å². The Morgan fingerprint density at radius 3 is 2.62 bits per heavy atom. The van der Waals surface area contributed by atoms with E-state index < -0.39 is 0 Å². The van der Waals surface area contributed by atoms with E-state index in [0.717, 1.165) is 17.6 Å². The Labute approximate surface area is 129 Å². The Balaban J connectivity index is 1.83. The summed E-state index contributed by atoms with van der Waals surface area (Å²) in [6.07, 6.45) is 4.08. The van der Waals surface area contributed by atoms with Gasteiger partial charge in [-0.15, -0.1) is 0 Å². The molecule has 1 aromatic carbocycles. The van der Waals surface area contributed by atoms with Crippen LogP contribution in [0.15, 0.2) is 18.2 Å². The van der Waals surface area contributed by atoms with Crippen LogP contribution in [0.3, 0.4) is 0 Å². The molecular formula is C19H29NO. The molecule has 2 nitrogen and oxygen atoms in total. The molecule has 1 N–H and O–H groups in total. The molecule has 1 heterocycles. The molecule has 116 valence electrons. The van der Waals surface area contributed by atoms with Crippen molar-refractivity contribution in [2.75, 3.05) is 5.32 Å². The van der Waals surface area contributed by atoms with E-state index in [1.807, 2.05) is 0 Å². The fourth-order valence-electron chi connectivity index (χ4n) is 3.65. The molecule has 3 rings (SSSR count). The first-order valence-corrected chi connectivity index (χ1v) is 8.42. The van der Waals surface area contributed by atoms with Gasteiger partial charge in [0.25, 0.3) is 0 Å². The van der Waals surface area contributed by atoms with E-state index in [4.69, 9.17) is 4.74 Å². The summed E-state index contributed by atoms with van der Waals surface area (Å²) >= 11 is 0. The maximum absolute atomic E-state index is 6.27. The van der Waals surface area contributed by atoms with Gasteiger partial charge in [0.2, 0.25) is 0 Å². The second-order valence-electron chi connectivity index (χ2n) is 8.19. The first-order valence-electron chi connectivity index (χ1n) is 8.42. The number of ether oxygens (including phenoxy) is 1. The summed E-state index contributed by atoms with van der Waals surface area (Å²) in [5.41, 5.74) is 2.74. The summed E-state index contributed by atoms with van der Waals surface area (Å²) in [5, 5.41) is 3.77. The first kappa shape index (κ1) is 14.7. The van der Waals surface area contributed by atoms with E-state index >= 15 is 0 Å². The molecule has 21 heavy (non-hydrogen) atoms. The van der Waals surface area contributed by atoms with Crippen LogP contribution in [0, 0.1) is 11.8 Å². The third kappa shape index (κ3) is 2.90. The highest BCUT2D eigenvalue weighted by molar-refractivity contribution is 5.61. The fourth-order valence-corrected chi connectivity index (χ4v) is 3.65. The molecule has 1 aromatic rings. The van der Waals surface area contributed by atoms with E-state index in [-0.39, 0.29) is 5.41 Å². The summed E-state index contributed by atoms with van der Waals surface area (Å²) < 4.78 is 6.27. The molecule has 3 atom stereocenters. The van der Waals surface area contributed by atoms with Gasteiger partial charge in [0, 0.05) is 0 Å². The van der Waals surface area contributed by atoms with Crippen molar-refractivity contribution in [1.29, 1.82) is 0 Å². The lowest BCUT2D eigenvalue weighted by molar-refractivity contribution is 0.0947. The quantitative estimate of drug-likeness (QED) is 0.786. The van der Waals surface area contributed by atoms with Crippen LogP contribution in [0.2, 0.25) is 0 Å². The number of anilines is 1. The van der Waals surface area contributed by atoms with Crippen LogP contribution in [-0.2, 0) is 5.41 Å². The highest BCUT2D eigenvalue weighted by atomic mass is 16.5. The zero-order chi connectivity index (χ0) is 15.2. The maximum Gasteiger partial charge on any atom is 0.142 e. The lowest BCUT2D eigenvalue weighted by atomic mass is 9.77. The maximum atomic E-state index is 6.27. The number of hydrogen-bond acceptors (Lipinski definition) is 2. The lowest BCUT2D eigenvalue weighted by Gasteiger charge is -2.42. The minimum absolute atomic E-state index is 0.181. The Kier molecular flexibility index (Phi) is 3.67. The van der Waals surface area contributed by atoms with Gasteiger partial charge < -0.3 is 10.1 Å². The van der Waals surface area contributed by atoms with Gasteiger partial charge >= 0.3 is 0 Å². The predicted molar refractivity (Wildman–Crippen MR) is 89.1 cm³/mol. The third-order valence-corrected chi connectivity index (χ3v) is 5.24. The average molecular weight is 287 g/mol. The monoisotopic (exact) mass is 287 g/mol. The molecule has 0 amide bonds. The van der Waals surface area contributed by atoms with E-state index in [1.165, 1.54) is 30.5 Å². The molecule has 0 spiro atoms. The van der Waals surface area contributed by atoms with Gasteiger partial charge in [-0.25, -0.2) is 0 Å². The number of hydrogen-bond donors (Lipinski definition) is 1. The largest absolute Gasteiger partial charge is 0.486 e. The first-order chi connectivity index (χ1) is 9.84. The average Bonchev–Trinajstić information content (AvgIpc) is 2.42. The Morgan fingerprint density at radius 2 is 1.95 bits per heavy atom. The lowest BCUT2D eigenvalue weighted by Crippen LogP contribution is -2.46. The highest BCUT2D eigenvalue weighted by Crippen LogP contribution is 2.41. The van der Waals surface area contributed by atoms with Crippen LogP contribution < -0.4 is 10.1 Å². The van der Waals surface area contributed by atoms with Gasteiger partial charge in [-0.2, -0.15) is 0 Å². The summed E-state index contributed by atoms with van der Waals surface area (Å²) in [7, 11) is 0. The Hall–Kier alpha value is -1.18. The summed E-state index contributed by atoms with van der Waals surface area (Å²) in [5.74, 6) is 2.64. The molecule has 1 saturated carbocycles. The molecule has 3 unspecified atom stereocenters. The minimum Gasteiger partial charge on any atom is -0.486 e. The van der Waals surface area contributed by atoms with Crippen LogP contribution >= 0.6 is 0 Å². The van der Waals surface area contributed by atoms with Gasteiger partial charge in [-0.05, 0) is 54.2 Å². The minimum atomic E-state index is 0.181. The van der Waals surface area contributed by atoms with Crippen molar-refractivity contribution in [3.05, 3.63) is 23.8 Å². The van der Waals surface area contributed by atoms with E-state index in [9.17, 15) is 0 Å². The van der Waals surface area contributed by atoms with Crippen LogP contribution in [0.25, 0.3) is 0 Å². The SMILES string of the molecule is CC(C)C1CCC2Oc3ccc(C(C)(C)C)cc3NC2C1. The number of fused-ring (bicyclic) bond motifs is 2. The van der Waals surface area contributed by atoms with E-state index in [0.29, 0.717) is 12.1 Å². The smallest absolute Gasteiger partial charge is 0.142 e. The van der Waals surface area contributed by atoms with Crippen molar-refractivity contribution in [2.24, 2.45) is 11.8 Å². The second-order valence-corrected chi connectivity index (χ2v) is 8.19. The molecule has 0 radical (unpaired) electrons. The van der Waals surface area contributed by atoms with Crippen molar-refractivity contribution in [3.63, 3.8) is 0 Å². The molecule has 0 saturated heterocycles. The van der Waals surface area contributed by atoms with Crippen LogP contribution in [-0.4, -0.2) is 12.1 Å². The van der Waals surface area contributed by atoms with Gasteiger partial charge in [-0.3, -0.25) is 0 Å². The predicted octanol–water partition coefficient (Wildman–Crippen LogP) is 4.98. The van der Waals surface area contributed by atoms with Crippen molar-refractivity contribution in [1.82, 2.24) is 0 Å². The van der Waals surface area contributed by atoms with Crippen molar-refractivity contribution < 1.29 is 4.74 Å². The molecule has 2 heteroatoms. The van der Waals surface area contributed by atoms with Crippen LogP contribution in [0.5, 0.6) is 5.75 Å². The van der Waals surface area contributed by atoms with Crippen molar-refractivity contribution in [3.8, 4) is 5.75 Å². The summed E-state index contributed by atoms with van der Waals surface area (Å²) in [4.78, 5) is 0. The van der Waals surface area contributed by atoms with Crippen LogP contribution in [0.4, 0.5) is 5.69 Å². The van der Waals surface area contributed by atoms with Gasteiger partial charge in [0.05, 0.1) is 11.7 Å². The molecular weight excluding hydrogens is 258 g/mol. The topological polar surface area (TPSA) is 21.3 Å². The molecule has 1 aliphatic carbocycles. The molecule has 2 aliphatic rings. The molecule has 1 aliphatic heterocycles. The molecule has 0 aromatic heterocycles. The molecule has 1 fully saturated rings. The number of nitrogens with one attached hydrogen (secondary N) is 1. The Morgan fingerprint density at radius 1 is 1.19 bits per heavy atom. The Bertz CT molecular complexity index is 515. The number of rotatable bonds is 1. The summed E-state index contributed by atoms with van der Waals surface area (Å²) in [6.45, 7) is 11.5. The number of benzene rings is 1. The third-order valence-electron chi connectivity index (χ3n) is 5.24. The highest BCUT2D eigenvalue weighted by Gasteiger charge is 2.36. The van der Waals surface area contributed by atoms with Crippen LogP contribution in [0.1, 0.15) is 59.4 Å². The summed E-state index contributed by atoms with van der Waals surface area (Å²) in [6, 6.07) is 7.12. The zero-order valence-corrected chi connectivity index (χ0v) is 14.1. The standard InChI is InChI=1S/C19H29NO/c1-12(2)13-6-8-17-15(10-13)20-16-11-14(19(3,4)5)7-9-18(16)21-17/h7,9,11-13,15,17,20H,6,8,10H2,1-5H3. The van der Waals surface area contributed by atoms with Crippen molar-refractivity contribution >= 4 is 5.69 Å². The van der Waals surface area contributed by atoms with Crippen molar-refractivity contribution in [2.45, 2.75) is 71.4 Å². The fraction of sp³-hybridized carbons (Fsp3) is 0.684. The van der Waals surface area contributed by atoms with Gasteiger partial charge in [0.1, 0.15) is 11.9 Å². The second kappa shape index (κ2) is 5.23. The van der Waals surface area contributed by atoms with E-state index in [2.05, 4.69) is 58.1 Å². The normalized spacial score (nSPS) is 28.4. The molecule has 0 bridgehead atoms. The van der Waals surface area contributed by atoms with Gasteiger partial charge in [0.15, 0.2) is 0 Å². The zero-order valence-electron chi connectivity index (χ0n) is 14.1.